The average Bonchev–Trinajstić information content (AvgIpc) is 3.59. The van der Waals surface area contributed by atoms with Crippen LogP contribution in [0.1, 0.15) is 29.6 Å². The van der Waals surface area contributed by atoms with Crippen molar-refractivity contribution >= 4 is 34.1 Å². The molecule has 10 nitrogen and oxygen atoms in total. The summed E-state index contributed by atoms with van der Waals surface area (Å²) >= 11 is 0. The molecule has 184 valence electrons. The van der Waals surface area contributed by atoms with Crippen molar-refractivity contribution in [3.8, 4) is 11.5 Å². The van der Waals surface area contributed by atoms with E-state index >= 15 is 0 Å². The molecule has 4 aromatic rings. The van der Waals surface area contributed by atoms with E-state index in [9.17, 15) is 4.79 Å². The molecule has 1 saturated carbocycles. The molecular weight excluding hydrogens is 460 g/mol. The van der Waals surface area contributed by atoms with Crippen molar-refractivity contribution in [1.29, 1.82) is 0 Å². The molecule has 0 unspecified atom stereocenters. The summed E-state index contributed by atoms with van der Waals surface area (Å²) in [6, 6.07) is 13.5. The first kappa shape index (κ1) is 22.3. The molecule has 2 aromatic heterocycles. The number of nitrogens with one attached hydrogen (secondary N) is 3. The van der Waals surface area contributed by atoms with Crippen LogP contribution in [0.15, 0.2) is 48.7 Å². The van der Waals surface area contributed by atoms with E-state index in [1.807, 2.05) is 30.3 Å². The van der Waals surface area contributed by atoms with Gasteiger partial charge in [-0.3, -0.25) is 9.89 Å². The van der Waals surface area contributed by atoms with Crippen molar-refractivity contribution in [3.05, 3.63) is 60.0 Å². The standard InChI is InChI=1S/C26H26N6O4/c1-34-17-6-4-16(5-7-17)28-26(33)20-10-19(20)14-3-8-18-21(9-14)31-32-24(18)30-25-22(35-2)11-27-23(29-25)15-12-36-13-15/h3-9,11,15,19-20H,10,12-13H2,1-2H3,(H,28,33)(H2,27,29,30,31,32)/t19-,20+/m0/s1. The number of hydrogen-bond acceptors (Lipinski definition) is 8. The van der Waals surface area contributed by atoms with Gasteiger partial charge in [0.05, 0.1) is 45.1 Å². The zero-order chi connectivity index (χ0) is 24.6. The number of anilines is 3. The van der Waals surface area contributed by atoms with E-state index in [4.69, 9.17) is 14.2 Å². The minimum absolute atomic E-state index is 0.0285. The van der Waals surface area contributed by atoms with Gasteiger partial charge in [-0.25, -0.2) is 9.97 Å². The van der Waals surface area contributed by atoms with Gasteiger partial charge in [0.2, 0.25) is 5.91 Å². The predicted molar refractivity (Wildman–Crippen MR) is 134 cm³/mol. The third-order valence-corrected chi connectivity index (χ3v) is 6.73. The fourth-order valence-corrected chi connectivity index (χ4v) is 4.44. The van der Waals surface area contributed by atoms with Gasteiger partial charge in [0.25, 0.3) is 0 Å². The Hall–Kier alpha value is -4.18. The van der Waals surface area contributed by atoms with Crippen LogP contribution in [0.25, 0.3) is 10.9 Å². The number of nitrogens with zero attached hydrogens (tertiary/aromatic N) is 3. The normalized spacial score (nSPS) is 18.9. The lowest BCUT2D eigenvalue weighted by molar-refractivity contribution is -0.117. The van der Waals surface area contributed by atoms with E-state index in [0.717, 1.165) is 40.1 Å². The molecule has 2 aromatic carbocycles. The quantitative estimate of drug-likeness (QED) is 0.342. The van der Waals surface area contributed by atoms with E-state index < -0.39 is 0 Å². The number of fused-ring (bicyclic) bond motifs is 1. The highest BCUT2D eigenvalue weighted by atomic mass is 16.5. The molecule has 6 rings (SSSR count). The Kier molecular flexibility index (Phi) is 5.65. The van der Waals surface area contributed by atoms with Gasteiger partial charge in [0, 0.05) is 17.0 Å². The molecule has 1 saturated heterocycles. The molecule has 3 heterocycles. The second-order valence-corrected chi connectivity index (χ2v) is 9.05. The lowest BCUT2D eigenvalue weighted by Gasteiger charge is -2.24. The van der Waals surface area contributed by atoms with Crippen LogP contribution >= 0.6 is 0 Å². The number of carbonyl (C=O) groups excluding carboxylic acids is 1. The molecule has 0 radical (unpaired) electrons. The molecule has 2 fully saturated rings. The Morgan fingerprint density at radius 3 is 2.64 bits per heavy atom. The second-order valence-electron chi connectivity index (χ2n) is 9.05. The van der Waals surface area contributed by atoms with E-state index in [-0.39, 0.29) is 23.7 Å². The van der Waals surface area contributed by atoms with Crippen molar-refractivity contribution in [2.45, 2.75) is 18.3 Å². The summed E-state index contributed by atoms with van der Waals surface area (Å²) in [5, 5.41) is 14.8. The van der Waals surface area contributed by atoms with Crippen molar-refractivity contribution in [3.63, 3.8) is 0 Å². The van der Waals surface area contributed by atoms with E-state index in [1.54, 1.807) is 20.4 Å². The highest BCUT2D eigenvalue weighted by Gasteiger charge is 2.44. The number of rotatable bonds is 8. The minimum Gasteiger partial charge on any atom is -0.497 e. The minimum atomic E-state index is -0.0516. The maximum absolute atomic E-state index is 12.7. The van der Waals surface area contributed by atoms with Crippen molar-refractivity contribution in [2.24, 2.45) is 5.92 Å². The first-order valence-electron chi connectivity index (χ1n) is 11.8. The zero-order valence-electron chi connectivity index (χ0n) is 19.9. The van der Waals surface area contributed by atoms with Gasteiger partial charge in [-0.1, -0.05) is 6.07 Å². The lowest BCUT2D eigenvalue weighted by atomic mass is 10.1. The van der Waals surface area contributed by atoms with Crippen molar-refractivity contribution < 1.29 is 19.0 Å². The first-order valence-corrected chi connectivity index (χ1v) is 11.8. The van der Waals surface area contributed by atoms with E-state index in [0.29, 0.717) is 30.6 Å². The summed E-state index contributed by atoms with van der Waals surface area (Å²) in [7, 11) is 3.20. The number of ether oxygens (including phenoxy) is 3. The van der Waals surface area contributed by atoms with Gasteiger partial charge in [-0.05, 0) is 54.3 Å². The summed E-state index contributed by atoms with van der Waals surface area (Å²) in [6.45, 7) is 1.25. The summed E-state index contributed by atoms with van der Waals surface area (Å²) in [5.74, 6) is 3.58. The summed E-state index contributed by atoms with van der Waals surface area (Å²) in [6.07, 6.45) is 2.48. The lowest BCUT2D eigenvalue weighted by Crippen LogP contribution is -2.27. The Balaban J connectivity index is 1.16. The third-order valence-electron chi connectivity index (χ3n) is 6.73. The molecular formula is C26H26N6O4. The van der Waals surface area contributed by atoms with Crippen LogP contribution in [-0.4, -0.2) is 53.5 Å². The van der Waals surface area contributed by atoms with Crippen LogP contribution < -0.4 is 20.1 Å². The molecule has 1 amide bonds. The number of H-pyrrole nitrogens is 1. The van der Waals surface area contributed by atoms with Gasteiger partial charge in [-0.2, -0.15) is 5.10 Å². The number of hydrogen-bond donors (Lipinski definition) is 3. The fourth-order valence-electron chi connectivity index (χ4n) is 4.44. The fraction of sp³-hybridized carbons (Fsp3) is 0.308. The number of benzene rings is 2. The number of aromatic amines is 1. The van der Waals surface area contributed by atoms with Crippen LogP contribution in [-0.2, 0) is 9.53 Å². The summed E-state index contributed by atoms with van der Waals surface area (Å²) in [5.41, 5.74) is 2.76. The SMILES string of the molecule is COc1ccc(NC(=O)[C@@H]2C[C@H]2c2ccc3c(Nc4nc(C5COC5)ncc4OC)n[nH]c3c2)cc1. The van der Waals surface area contributed by atoms with Crippen LogP contribution in [0.5, 0.6) is 11.5 Å². The van der Waals surface area contributed by atoms with Crippen molar-refractivity contribution in [1.82, 2.24) is 20.2 Å². The Bertz CT molecular complexity index is 1420. The molecule has 1 aliphatic heterocycles. The molecule has 0 spiro atoms. The van der Waals surface area contributed by atoms with E-state index in [1.165, 1.54) is 0 Å². The first-order chi connectivity index (χ1) is 17.6. The van der Waals surface area contributed by atoms with E-state index in [2.05, 4.69) is 42.9 Å². The Labute approximate surface area is 207 Å². The van der Waals surface area contributed by atoms with Crippen LogP contribution in [0.4, 0.5) is 17.3 Å². The van der Waals surface area contributed by atoms with Crippen molar-refractivity contribution in [2.75, 3.05) is 38.1 Å². The number of methoxy groups -OCH3 is 2. The second kappa shape index (κ2) is 9.12. The number of amides is 1. The molecule has 0 bridgehead atoms. The smallest absolute Gasteiger partial charge is 0.228 e. The van der Waals surface area contributed by atoms with Crippen LogP contribution in [0, 0.1) is 5.92 Å². The topological polar surface area (TPSA) is 123 Å². The molecule has 36 heavy (non-hydrogen) atoms. The summed E-state index contributed by atoms with van der Waals surface area (Å²) in [4.78, 5) is 21.8. The summed E-state index contributed by atoms with van der Waals surface area (Å²) < 4.78 is 15.9. The number of carbonyl (C=O) groups is 1. The zero-order valence-corrected chi connectivity index (χ0v) is 19.9. The third kappa shape index (κ3) is 4.20. The molecule has 10 heteroatoms. The molecule has 1 aliphatic carbocycles. The molecule has 2 aliphatic rings. The largest absolute Gasteiger partial charge is 0.497 e. The highest BCUT2D eigenvalue weighted by molar-refractivity contribution is 5.96. The van der Waals surface area contributed by atoms with Crippen LogP contribution in [0.3, 0.4) is 0 Å². The average molecular weight is 487 g/mol. The molecule has 2 atom stereocenters. The maximum atomic E-state index is 12.7. The maximum Gasteiger partial charge on any atom is 0.228 e. The van der Waals surface area contributed by atoms with Gasteiger partial charge in [0.1, 0.15) is 11.6 Å². The Morgan fingerprint density at radius 2 is 1.92 bits per heavy atom. The number of aromatic nitrogens is 4. The highest BCUT2D eigenvalue weighted by Crippen LogP contribution is 2.48. The van der Waals surface area contributed by atoms with Gasteiger partial charge < -0.3 is 24.8 Å². The van der Waals surface area contributed by atoms with Gasteiger partial charge in [-0.15, -0.1) is 0 Å². The van der Waals surface area contributed by atoms with Crippen LogP contribution in [0.2, 0.25) is 0 Å². The molecule has 3 N–H and O–H groups in total. The van der Waals surface area contributed by atoms with Gasteiger partial charge >= 0.3 is 0 Å². The predicted octanol–water partition coefficient (Wildman–Crippen LogP) is 3.97. The van der Waals surface area contributed by atoms with Gasteiger partial charge in [0.15, 0.2) is 17.4 Å². The Morgan fingerprint density at radius 1 is 1.08 bits per heavy atom. The monoisotopic (exact) mass is 486 g/mol.